The number of carbonyl (C=O) groups is 1. The first kappa shape index (κ1) is 19.6. The van der Waals surface area contributed by atoms with Gasteiger partial charge in [0, 0.05) is 43.5 Å². The molecular formula is C18H24N4O4S2. The number of nitrogens with one attached hydrogen (secondary N) is 1. The highest BCUT2D eigenvalue weighted by atomic mass is 32.2. The van der Waals surface area contributed by atoms with Crippen molar-refractivity contribution < 1.29 is 17.9 Å². The second-order valence-corrected chi connectivity index (χ2v) is 10.4. The average molecular weight is 425 g/mol. The van der Waals surface area contributed by atoms with Gasteiger partial charge in [-0.3, -0.25) is 4.79 Å². The molecule has 2 fully saturated rings. The summed E-state index contributed by atoms with van der Waals surface area (Å²) in [6, 6.07) is 3.95. The van der Waals surface area contributed by atoms with E-state index in [2.05, 4.69) is 10.3 Å². The van der Waals surface area contributed by atoms with Gasteiger partial charge in [0.2, 0.25) is 5.91 Å². The first-order valence-corrected chi connectivity index (χ1v) is 11.6. The molecule has 0 aliphatic carbocycles. The van der Waals surface area contributed by atoms with E-state index in [0.29, 0.717) is 39.3 Å². The highest BCUT2D eigenvalue weighted by Crippen LogP contribution is 2.37. The van der Waals surface area contributed by atoms with Crippen LogP contribution in [0.5, 0.6) is 0 Å². The second-order valence-electron chi connectivity index (χ2n) is 7.48. The van der Waals surface area contributed by atoms with Crippen LogP contribution in [0.2, 0.25) is 0 Å². The van der Waals surface area contributed by atoms with Crippen molar-refractivity contribution >= 4 is 27.3 Å². The number of rotatable bonds is 6. The first-order chi connectivity index (χ1) is 13.4. The van der Waals surface area contributed by atoms with Crippen LogP contribution in [0.1, 0.15) is 11.3 Å². The zero-order chi connectivity index (χ0) is 19.7. The topological polar surface area (TPSA) is 93.5 Å². The summed E-state index contributed by atoms with van der Waals surface area (Å²) in [5.74, 6) is 0.238. The van der Waals surface area contributed by atoms with Gasteiger partial charge in [-0.25, -0.2) is 13.4 Å². The molecule has 4 rings (SSSR count). The lowest BCUT2D eigenvalue weighted by atomic mass is 9.81. The molecule has 1 amide bonds. The average Bonchev–Trinajstić information content (AvgIpc) is 3.40. The molecule has 0 unspecified atom stereocenters. The van der Waals surface area contributed by atoms with Crippen LogP contribution in [0.25, 0.3) is 0 Å². The van der Waals surface area contributed by atoms with Gasteiger partial charge in [0.05, 0.1) is 26.1 Å². The Morgan fingerprint density at radius 3 is 2.96 bits per heavy atom. The van der Waals surface area contributed by atoms with Gasteiger partial charge in [0.25, 0.3) is 10.0 Å². The van der Waals surface area contributed by atoms with Gasteiger partial charge in [0.1, 0.15) is 0 Å². The number of sulfonamides is 1. The number of nitrogens with zero attached hydrogens (tertiary/aromatic N) is 3. The molecule has 2 aromatic rings. The van der Waals surface area contributed by atoms with Crippen LogP contribution in [-0.4, -0.2) is 54.5 Å². The minimum absolute atomic E-state index is 0.0195. The minimum atomic E-state index is -3.62. The number of imidazole rings is 1. The molecule has 3 atom stereocenters. The summed E-state index contributed by atoms with van der Waals surface area (Å²) < 4.78 is 34.6. The molecular weight excluding hydrogens is 400 g/mol. The Labute approximate surface area is 168 Å². The number of fused-ring (bicyclic) bond motifs is 1. The lowest BCUT2D eigenvalue weighted by Gasteiger charge is -2.32. The van der Waals surface area contributed by atoms with E-state index in [1.807, 2.05) is 17.5 Å². The highest BCUT2D eigenvalue weighted by molar-refractivity contribution is 7.89. The van der Waals surface area contributed by atoms with Crippen molar-refractivity contribution in [2.75, 3.05) is 26.3 Å². The molecule has 2 aromatic heterocycles. The fourth-order valence-corrected chi connectivity index (χ4v) is 6.18. The first-order valence-electron chi connectivity index (χ1n) is 9.28. The number of aromatic nitrogens is 2. The summed E-state index contributed by atoms with van der Waals surface area (Å²) >= 11 is 1.61. The maximum atomic E-state index is 12.9. The maximum absolute atomic E-state index is 12.9. The fourth-order valence-electron chi connectivity index (χ4n) is 4.03. The molecule has 0 radical (unpaired) electrons. The Balaban J connectivity index is 1.39. The predicted molar refractivity (Wildman–Crippen MR) is 104 cm³/mol. The van der Waals surface area contributed by atoms with E-state index < -0.39 is 10.0 Å². The van der Waals surface area contributed by atoms with E-state index in [4.69, 9.17) is 4.74 Å². The van der Waals surface area contributed by atoms with E-state index in [1.54, 1.807) is 23.0 Å². The second kappa shape index (κ2) is 7.94. The Bertz CT molecular complexity index is 925. The lowest BCUT2D eigenvalue weighted by molar-refractivity contribution is -0.124. The van der Waals surface area contributed by atoms with Crippen LogP contribution < -0.4 is 5.32 Å². The van der Waals surface area contributed by atoms with Crippen molar-refractivity contribution in [2.45, 2.75) is 18.0 Å². The summed E-state index contributed by atoms with van der Waals surface area (Å²) in [6.07, 6.45) is 3.35. The van der Waals surface area contributed by atoms with Gasteiger partial charge >= 0.3 is 0 Å². The van der Waals surface area contributed by atoms with Crippen molar-refractivity contribution in [3.8, 4) is 0 Å². The summed E-state index contributed by atoms with van der Waals surface area (Å²) in [7, 11) is -1.88. The van der Waals surface area contributed by atoms with Gasteiger partial charge in [-0.1, -0.05) is 6.07 Å². The number of ether oxygens (including phenoxy) is 1. The maximum Gasteiger partial charge on any atom is 0.262 e. The molecule has 2 saturated heterocycles. The van der Waals surface area contributed by atoms with Crippen molar-refractivity contribution in [3.63, 3.8) is 0 Å². The summed E-state index contributed by atoms with van der Waals surface area (Å²) in [5.41, 5.74) is 0. The Hall–Kier alpha value is -1.75. The van der Waals surface area contributed by atoms with Gasteiger partial charge in [-0.15, -0.1) is 11.3 Å². The number of thiophene rings is 1. The zero-order valence-corrected chi connectivity index (χ0v) is 17.3. The number of amides is 1. The quantitative estimate of drug-likeness (QED) is 0.749. The molecule has 0 bridgehead atoms. The predicted octanol–water partition coefficient (Wildman–Crippen LogP) is 1.07. The van der Waals surface area contributed by atoms with Crippen LogP contribution in [0.4, 0.5) is 0 Å². The third kappa shape index (κ3) is 4.00. The molecule has 152 valence electrons. The monoisotopic (exact) mass is 424 g/mol. The third-order valence-electron chi connectivity index (χ3n) is 5.50. The van der Waals surface area contributed by atoms with Crippen LogP contribution in [0.3, 0.4) is 0 Å². The van der Waals surface area contributed by atoms with Gasteiger partial charge in [-0.2, -0.15) is 4.31 Å². The number of hydrogen-bond acceptors (Lipinski definition) is 6. The summed E-state index contributed by atoms with van der Waals surface area (Å²) in [4.78, 5) is 17.5. The molecule has 28 heavy (non-hydrogen) atoms. The Morgan fingerprint density at radius 1 is 1.39 bits per heavy atom. The molecule has 8 nitrogen and oxygen atoms in total. The highest BCUT2D eigenvalue weighted by Gasteiger charge is 2.45. The molecule has 2 aliphatic heterocycles. The molecule has 10 heteroatoms. The fraction of sp³-hybridized carbons (Fsp3) is 0.556. The Morgan fingerprint density at radius 2 is 2.25 bits per heavy atom. The van der Waals surface area contributed by atoms with E-state index in [0.717, 1.165) is 4.88 Å². The molecule has 0 saturated carbocycles. The normalized spacial score (nSPS) is 25.5. The van der Waals surface area contributed by atoms with Crippen molar-refractivity contribution in [1.29, 1.82) is 0 Å². The molecule has 1 N–H and O–H groups in total. The van der Waals surface area contributed by atoms with Crippen LogP contribution >= 0.6 is 11.3 Å². The van der Waals surface area contributed by atoms with E-state index >= 15 is 0 Å². The summed E-state index contributed by atoms with van der Waals surface area (Å²) in [6.45, 7) is 2.38. The van der Waals surface area contributed by atoms with Crippen LogP contribution in [-0.2, 0) is 33.1 Å². The SMILES string of the molecule is Cn1cnc(S(=O)(=O)N2C[C@@H]3COC[C@@H](CC(=O)NCc4cccs4)[C@@H]3C2)c1. The molecule has 2 aliphatic rings. The molecule has 4 heterocycles. The van der Waals surface area contributed by atoms with Crippen LogP contribution in [0, 0.1) is 17.8 Å². The van der Waals surface area contributed by atoms with Crippen LogP contribution in [0.15, 0.2) is 35.1 Å². The lowest BCUT2D eigenvalue weighted by Crippen LogP contribution is -2.38. The Kier molecular flexibility index (Phi) is 5.55. The van der Waals surface area contributed by atoms with Crippen molar-refractivity contribution in [2.24, 2.45) is 24.8 Å². The van der Waals surface area contributed by atoms with Crippen molar-refractivity contribution in [3.05, 3.63) is 34.9 Å². The summed E-state index contributed by atoms with van der Waals surface area (Å²) in [5, 5.41) is 5.01. The largest absolute Gasteiger partial charge is 0.381 e. The van der Waals surface area contributed by atoms with Gasteiger partial charge in [0.15, 0.2) is 5.03 Å². The zero-order valence-electron chi connectivity index (χ0n) is 15.7. The van der Waals surface area contributed by atoms with Gasteiger partial charge < -0.3 is 14.6 Å². The number of carbonyl (C=O) groups excluding carboxylic acids is 1. The molecule has 0 aromatic carbocycles. The minimum Gasteiger partial charge on any atom is -0.381 e. The third-order valence-corrected chi connectivity index (χ3v) is 8.09. The smallest absolute Gasteiger partial charge is 0.262 e. The van der Waals surface area contributed by atoms with Gasteiger partial charge in [-0.05, 0) is 23.3 Å². The van der Waals surface area contributed by atoms with Crippen molar-refractivity contribution in [1.82, 2.24) is 19.2 Å². The standard InChI is InChI=1S/C18H24N4O4S2/c1-21-9-18(20-12-21)28(24,25)22-7-14-11-26-10-13(16(14)8-22)5-17(23)19-6-15-3-2-4-27-15/h2-4,9,12-14,16H,5-8,10-11H2,1H3,(H,19,23)/t13-,14-,16+/m1/s1. The van der Waals surface area contributed by atoms with E-state index in [1.165, 1.54) is 16.8 Å². The van der Waals surface area contributed by atoms with E-state index in [9.17, 15) is 13.2 Å². The van der Waals surface area contributed by atoms with E-state index in [-0.39, 0.29) is 28.7 Å². The number of aryl methyl sites for hydroxylation is 1. The number of hydrogen-bond donors (Lipinski definition) is 1. The molecule has 0 spiro atoms.